The van der Waals surface area contributed by atoms with Gasteiger partial charge in [0.05, 0.1) is 6.67 Å². The van der Waals surface area contributed by atoms with E-state index in [1.54, 1.807) is 31.2 Å². The Morgan fingerprint density at radius 2 is 1.71 bits per heavy atom. The second-order valence-electron chi connectivity index (χ2n) is 6.44. The summed E-state index contributed by atoms with van der Waals surface area (Å²) in [4.78, 5) is 41.4. The monoisotopic (exact) mass is 329 g/mol. The molecule has 1 aromatic rings. The highest BCUT2D eigenvalue weighted by Gasteiger charge is 2.54. The van der Waals surface area contributed by atoms with Crippen molar-refractivity contribution in [2.75, 3.05) is 19.8 Å². The maximum atomic E-state index is 13.2. The van der Waals surface area contributed by atoms with Crippen LogP contribution in [0.1, 0.15) is 38.2 Å². The lowest BCUT2D eigenvalue weighted by atomic mass is 9.75. The Balaban J connectivity index is 1.92. The van der Waals surface area contributed by atoms with Crippen LogP contribution in [0.4, 0.5) is 4.79 Å². The number of imide groups is 2. The fraction of sp³-hybridized carbons (Fsp3) is 0.500. The molecule has 24 heavy (non-hydrogen) atoms. The smallest absolute Gasteiger partial charge is 0.286 e. The van der Waals surface area contributed by atoms with E-state index >= 15 is 0 Å². The third kappa shape index (κ3) is 2.71. The average Bonchev–Trinajstić information content (AvgIpc) is 2.61. The van der Waals surface area contributed by atoms with Gasteiger partial charge in [0.1, 0.15) is 0 Å². The van der Waals surface area contributed by atoms with Gasteiger partial charge in [-0.05, 0) is 37.9 Å². The number of carbonyl (C=O) groups is 3. The molecule has 0 aliphatic carbocycles. The number of likely N-dealkylation sites (tertiary alicyclic amines) is 1. The van der Waals surface area contributed by atoms with Crippen molar-refractivity contribution in [1.29, 1.82) is 0 Å². The lowest BCUT2D eigenvalue weighted by Crippen LogP contribution is -2.67. The molecule has 128 valence electrons. The first kappa shape index (κ1) is 16.6. The van der Waals surface area contributed by atoms with Gasteiger partial charge in [-0.3, -0.25) is 19.8 Å². The molecule has 6 nitrogen and oxygen atoms in total. The normalized spacial score (nSPS) is 25.7. The zero-order chi connectivity index (χ0) is 17.2. The van der Waals surface area contributed by atoms with Gasteiger partial charge in [0.2, 0.25) is 5.91 Å². The molecule has 1 aromatic carbocycles. The first-order valence-corrected chi connectivity index (χ1v) is 8.55. The van der Waals surface area contributed by atoms with Gasteiger partial charge in [-0.2, -0.15) is 0 Å². The summed E-state index contributed by atoms with van der Waals surface area (Å²) in [5, 5.41) is 2.39. The molecule has 1 atom stereocenters. The number of nitrogens with one attached hydrogen (secondary N) is 1. The lowest BCUT2D eigenvalue weighted by molar-refractivity contribution is -0.147. The minimum Gasteiger partial charge on any atom is -0.286 e. The first-order chi connectivity index (χ1) is 11.6. The maximum Gasteiger partial charge on any atom is 0.331 e. The van der Waals surface area contributed by atoms with E-state index in [4.69, 9.17) is 0 Å². The van der Waals surface area contributed by atoms with Gasteiger partial charge in [0, 0.05) is 0 Å². The van der Waals surface area contributed by atoms with E-state index in [9.17, 15) is 14.4 Å². The zero-order valence-electron chi connectivity index (χ0n) is 14.0. The highest BCUT2D eigenvalue weighted by Crippen LogP contribution is 2.33. The van der Waals surface area contributed by atoms with E-state index in [0.717, 1.165) is 25.9 Å². The van der Waals surface area contributed by atoms with Crippen LogP contribution in [-0.4, -0.2) is 47.4 Å². The number of hydrogen-bond donors (Lipinski definition) is 1. The fourth-order valence-electron chi connectivity index (χ4n) is 3.61. The van der Waals surface area contributed by atoms with Crippen molar-refractivity contribution in [1.82, 2.24) is 15.1 Å². The standard InChI is InChI=1S/C18H23N3O3/c1-2-18(14-9-5-3-6-10-14)15(22)19-17(24)21(16(18)23)13-20-11-7-4-8-12-20/h3,5-6,9-10H,2,4,7-8,11-13H2,1H3,(H,19,22,24)/t18-/m1/s1. The van der Waals surface area contributed by atoms with E-state index in [0.29, 0.717) is 12.0 Å². The molecule has 0 saturated carbocycles. The molecular formula is C18H23N3O3. The van der Waals surface area contributed by atoms with Gasteiger partial charge in [0.25, 0.3) is 5.91 Å². The Morgan fingerprint density at radius 1 is 1.04 bits per heavy atom. The van der Waals surface area contributed by atoms with Crippen LogP contribution in [-0.2, 0) is 15.0 Å². The summed E-state index contributed by atoms with van der Waals surface area (Å²) in [6.07, 6.45) is 3.63. The van der Waals surface area contributed by atoms with Gasteiger partial charge >= 0.3 is 6.03 Å². The number of barbiturate groups is 1. The largest absolute Gasteiger partial charge is 0.331 e. The van der Waals surface area contributed by atoms with Crippen molar-refractivity contribution in [3.05, 3.63) is 35.9 Å². The Kier molecular flexibility index (Phi) is 4.66. The average molecular weight is 329 g/mol. The second kappa shape index (κ2) is 6.73. The fourth-order valence-corrected chi connectivity index (χ4v) is 3.61. The van der Waals surface area contributed by atoms with Gasteiger partial charge in [-0.25, -0.2) is 9.69 Å². The topological polar surface area (TPSA) is 69.7 Å². The minimum absolute atomic E-state index is 0.243. The molecule has 2 fully saturated rings. The number of hydrogen-bond acceptors (Lipinski definition) is 4. The third-order valence-corrected chi connectivity index (χ3v) is 5.05. The SMILES string of the molecule is CC[C@@]1(c2ccccc2)C(=O)NC(=O)N(CN2CCCCC2)C1=O. The van der Waals surface area contributed by atoms with Crippen LogP contribution in [0.15, 0.2) is 30.3 Å². The van der Waals surface area contributed by atoms with Gasteiger partial charge < -0.3 is 0 Å². The Hall–Kier alpha value is -2.21. The molecule has 0 unspecified atom stereocenters. The number of amides is 4. The van der Waals surface area contributed by atoms with Gasteiger partial charge in [-0.1, -0.05) is 43.7 Å². The van der Waals surface area contributed by atoms with Crippen LogP contribution in [0.2, 0.25) is 0 Å². The highest BCUT2D eigenvalue weighted by atomic mass is 16.2. The molecule has 6 heteroatoms. The Labute approximate surface area is 141 Å². The van der Waals surface area contributed by atoms with E-state index < -0.39 is 23.3 Å². The van der Waals surface area contributed by atoms with Crippen molar-refractivity contribution in [3.8, 4) is 0 Å². The molecule has 2 aliphatic heterocycles. The van der Waals surface area contributed by atoms with Crippen LogP contribution in [0.5, 0.6) is 0 Å². The molecule has 0 radical (unpaired) electrons. The Bertz CT molecular complexity index is 640. The molecule has 4 amide bonds. The molecule has 1 N–H and O–H groups in total. The third-order valence-electron chi connectivity index (χ3n) is 5.05. The van der Waals surface area contributed by atoms with Crippen LogP contribution >= 0.6 is 0 Å². The lowest BCUT2D eigenvalue weighted by Gasteiger charge is -2.41. The summed E-state index contributed by atoms with van der Waals surface area (Å²) in [5.41, 5.74) is -0.698. The van der Waals surface area contributed by atoms with Crippen molar-refractivity contribution < 1.29 is 14.4 Å². The van der Waals surface area contributed by atoms with E-state index in [1.807, 2.05) is 6.07 Å². The number of piperidine rings is 1. The van der Waals surface area contributed by atoms with Crippen LogP contribution in [0, 0.1) is 0 Å². The quantitative estimate of drug-likeness (QED) is 0.856. The van der Waals surface area contributed by atoms with E-state index in [1.165, 1.54) is 11.3 Å². The number of rotatable bonds is 4. The van der Waals surface area contributed by atoms with Crippen LogP contribution in [0.25, 0.3) is 0 Å². The molecular weight excluding hydrogens is 306 g/mol. The summed E-state index contributed by atoms with van der Waals surface area (Å²) in [7, 11) is 0. The van der Waals surface area contributed by atoms with E-state index in [-0.39, 0.29) is 6.67 Å². The maximum absolute atomic E-state index is 13.2. The Morgan fingerprint density at radius 3 is 2.33 bits per heavy atom. The summed E-state index contributed by atoms with van der Waals surface area (Å²) in [6.45, 7) is 3.79. The molecule has 0 aromatic heterocycles. The number of urea groups is 1. The number of carbonyl (C=O) groups excluding carboxylic acids is 3. The predicted octanol–water partition coefficient (Wildman–Crippen LogP) is 1.86. The second-order valence-corrected chi connectivity index (χ2v) is 6.44. The van der Waals surface area contributed by atoms with Crippen molar-refractivity contribution in [3.63, 3.8) is 0 Å². The molecule has 3 rings (SSSR count). The molecule has 0 spiro atoms. The molecule has 2 saturated heterocycles. The first-order valence-electron chi connectivity index (χ1n) is 8.55. The molecule has 2 aliphatic rings. The molecule has 2 heterocycles. The minimum atomic E-state index is -1.33. The van der Waals surface area contributed by atoms with Gasteiger partial charge in [0.15, 0.2) is 5.41 Å². The summed E-state index contributed by atoms with van der Waals surface area (Å²) < 4.78 is 0. The van der Waals surface area contributed by atoms with Crippen molar-refractivity contribution in [2.45, 2.75) is 38.0 Å². The summed E-state index contributed by atoms with van der Waals surface area (Å²) in [5.74, 6) is -0.948. The van der Waals surface area contributed by atoms with Crippen molar-refractivity contribution in [2.24, 2.45) is 0 Å². The number of nitrogens with zero attached hydrogens (tertiary/aromatic N) is 2. The number of benzene rings is 1. The summed E-state index contributed by atoms with van der Waals surface area (Å²) in [6, 6.07) is 8.38. The van der Waals surface area contributed by atoms with Crippen LogP contribution < -0.4 is 5.32 Å². The van der Waals surface area contributed by atoms with Crippen molar-refractivity contribution >= 4 is 17.8 Å². The van der Waals surface area contributed by atoms with Crippen LogP contribution in [0.3, 0.4) is 0 Å². The highest BCUT2D eigenvalue weighted by molar-refractivity contribution is 6.22. The summed E-state index contributed by atoms with van der Waals surface area (Å²) >= 11 is 0. The molecule has 0 bridgehead atoms. The van der Waals surface area contributed by atoms with E-state index in [2.05, 4.69) is 10.2 Å². The predicted molar refractivity (Wildman–Crippen MR) is 89.1 cm³/mol. The zero-order valence-corrected chi connectivity index (χ0v) is 14.0. The van der Waals surface area contributed by atoms with Gasteiger partial charge in [-0.15, -0.1) is 0 Å².